The molecule has 4 nitrogen and oxygen atoms in total. The first kappa shape index (κ1) is 13.1. The van der Waals surface area contributed by atoms with Gasteiger partial charge in [0.25, 0.3) is 5.91 Å². The van der Waals surface area contributed by atoms with Gasteiger partial charge in [-0.05, 0) is 25.1 Å². The molecule has 17 heavy (non-hydrogen) atoms. The smallest absolute Gasteiger partial charge is 0.494 e. The van der Waals surface area contributed by atoms with Crippen molar-refractivity contribution in [3.05, 3.63) is 23.8 Å². The minimum Gasteiger partial charge on any atom is -0.494 e. The number of carbonyl (C=O) groups is 1. The van der Waals surface area contributed by atoms with Crippen LogP contribution in [0, 0.1) is 0 Å². The van der Waals surface area contributed by atoms with Gasteiger partial charge in [0.05, 0.1) is 12.2 Å². The van der Waals surface area contributed by atoms with Gasteiger partial charge < -0.3 is 15.2 Å². The summed E-state index contributed by atoms with van der Waals surface area (Å²) in [5.41, 5.74) is 4.58. The van der Waals surface area contributed by atoms with Crippen LogP contribution in [-0.2, 0) is 0 Å². The van der Waals surface area contributed by atoms with Crippen LogP contribution >= 0.6 is 0 Å². The maximum Gasteiger partial charge on any atom is 0.573 e. The van der Waals surface area contributed by atoms with Crippen molar-refractivity contribution < 1.29 is 27.4 Å². The van der Waals surface area contributed by atoms with Crippen molar-refractivity contribution in [2.75, 3.05) is 6.61 Å². The summed E-state index contributed by atoms with van der Waals surface area (Å²) in [4.78, 5) is 11.0. The largest absolute Gasteiger partial charge is 0.573 e. The standard InChI is InChI=1S/C10H10F3NO3/c1-2-16-6-3-4-8(17-10(11,12)13)7(5-6)9(14)15/h3-5H,2H2,1H3,(H2,14,15). The fourth-order valence-corrected chi connectivity index (χ4v) is 1.17. The van der Waals surface area contributed by atoms with Gasteiger partial charge in [-0.25, -0.2) is 0 Å². The zero-order chi connectivity index (χ0) is 13.1. The molecular formula is C10H10F3NO3. The van der Waals surface area contributed by atoms with Crippen LogP contribution in [0.25, 0.3) is 0 Å². The number of primary amides is 1. The maximum absolute atomic E-state index is 12.0. The predicted molar refractivity (Wildman–Crippen MR) is 52.8 cm³/mol. The van der Waals surface area contributed by atoms with E-state index in [0.29, 0.717) is 6.61 Å². The number of hydrogen-bond donors (Lipinski definition) is 1. The molecule has 0 bridgehead atoms. The Morgan fingerprint density at radius 1 is 1.41 bits per heavy atom. The molecule has 0 spiro atoms. The molecule has 1 aromatic carbocycles. The molecule has 0 aliphatic rings. The molecule has 0 unspecified atom stereocenters. The second kappa shape index (κ2) is 4.94. The molecule has 0 fully saturated rings. The minimum absolute atomic E-state index is 0.246. The number of ether oxygens (including phenoxy) is 2. The highest BCUT2D eigenvalue weighted by Crippen LogP contribution is 2.29. The van der Waals surface area contributed by atoms with Crippen LogP contribution in [0.2, 0.25) is 0 Å². The average Bonchev–Trinajstić information content (AvgIpc) is 2.18. The third-order valence-electron chi connectivity index (χ3n) is 1.75. The lowest BCUT2D eigenvalue weighted by Crippen LogP contribution is -2.21. The van der Waals surface area contributed by atoms with E-state index in [0.717, 1.165) is 12.1 Å². The number of carbonyl (C=O) groups excluding carboxylic acids is 1. The molecule has 94 valence electrons. The SMILES string of the molecule is CCOc1ccc(OC(F)(F)F)c(C(N)=O)c1. The van der Waals surface area contributed by atoms with Gasteiger partial charge in [0, 0.05) is 0 Å². The van der Waals surface area contributed by atoms with Crippen molar-refractivity contribution in [3.63, 3.8) is 0 Å². The molecule has 1 rings (SSSR count). The molecular weight excluding hydrogens is 239 g/mol. The quantitative estimate of drug-likeness (QED) is 0.888. The van der Waals surface area contributed by atoms with Gasteiger partial charge in [0.2, 0.25) is 0 Å². The Balaban J connectivity index is 3.09. The van der Waals surface area contributed by atoms with Gasteiger partial charge in [-0.1, -0.05) is 0 Å². The van der Waals surface area contributed by atoms with Crippen molar-refractivity contribution in [2.45, 2.75) is 13.3 Å². The summed E-state index contributed by atoms with van der Waals surface area (Å²) in [7, 11) is 0. The lowest BCUT2D eigenvalue weighted by Gasteiger charge is -2.12. The van der Waals surface area contributed by atoms with Gasteiger partial charge in [0.15, 0.2) is 0 Å². The van der Waals surface area contributed by atoms with Crippen molar-refractivity contribution in [1.29, 1.82) is 0 Å². The van der Waals surface area contributed by atoms with Crippen molar-refractivity contribution >= 4 is 5.91 Å². The van der Waals surface area contributed by atoms with E-state index in [2.05, 4.69) is 4.74 Å². The lowest BCUT2D eigenvalue weighted by atomic mass is 10.2. The fraction of sp³-hybridized carbons (Fsp3) is 0.300. The van der Waals surface area contributed by atoms with E-state index in [4.69, 9.17) is 10.5 Å². The maximum atomic E-state index is 12.0. The zero-order valence-corrected chi connectivity index (χ0v) is 8.88. The van der Waals surface area contributed by atoms with Crippen LogP contribution in [0.15, 0.2) is 18.2 Å². The summed E-state index contributed by atoms with van der Waals surface area (Å²) in [6.45, 7) is 2.02. The third-order valence-corrected chi connectivity index (χ3v) is 1.75. The summed E-state index contributed by atoms with van der Waals surface area (Å²) in [6, 6.07) is 3.35. The first-order valence-electron chi connectivity index (χ1n) is 4.66. The van der Waals surface area contributed by atoms with Gasteiger partial charge in [-0.2, -0.15) is 0 Å². The summed E-state index contributed by atoms with van der Waals surface area (Å²) in [5, 5.41) is 0. The second-order valence-corrected chi connectivity index (χ2v) is 3.00. The van der Waals surface area contributed by atoms with Gasteiger partial charge in [-0.15, -0.1) is 13.2 Å². The van der Waals surface area contributed by atoms with Gasteiger partial charge in [-0.3, -0.25) is 4.79 Å². The number of amides is 1. The topological polar surface area (TPSA) is 61.6 Å². The van der Waals surface area contributed by atoms with E-state index < -0.39 is 18.0 Å². The molecule has 0 aliphatic heterocycles. The molecule has 0 saturated carbocycles. The summed E-state index contributed by atoms with van der Waals surface area (Å²) in [5.74, 6) is -1.42. The molecule has 0 aromatic heterocycles. The molecule has 1 aromatic rings. The number of hydrogen-bond acceptors (Lipinski definition) is 3. The van der Waals surface area contributed by atoms with Crippen molar-refractivity contribution in [1.82, 2.24) is 0 Å². The Hall–Kier alpha value is -1.92. The van der Waals surface area contributed by atoms with E-state index in [1.165, 1.54) is 6.07 Å². The number of alkyl halides is 3. The first-order valence-corrected chi connectivity index (χ1v) is 4.66. The number of nitrogens with two attached hydrogens (primary N) is 1. The molecule has 0 aliphatic carbocycles. The molecule has 0 radical (unpaired) electrons. The van der Waals surface area contributed by atoms with Crippen LogP contribution in [0.4, 0.5) is 13.2 Å². The fourth-order valence-electron chi connectivity index (χ4n) is 1.17. The van der Waals surface area contributed by atoms with Gasteiger partial charge in [0.1, 0.15) is 11.5 Å². The lowest BCUT2D eigenvalue weighted by molar-refractivity contribution is -0.274. The summed E-state index contributed by atoms with van der Waals surface area (Å²) < 4.78 is 44.8. The normalized spacial score (nSPS) is 11.1. The molecule has 1 amide bonds. The Morgan fingerprint density at radius 3 is 2.53 bits per heavy atom. The highest BCUT2D eigenvalue weighted by Gasteiger charge is 2.32. The van der Waals surface area contributed by atoms with E-state index >= 15 is 0 Å². The second-order valence-electron chi connectivity index (χ2n) is 3.00. The highest BCUT2D eigenvalue weighted by molar-refractivity contribution is 5.96. The first-order chi connectivity index (χ1) is 7.83. The van der Waals surface area contributed by atoms with Crippen LogP contribution in [0.3, 0.4) is 0 Å². The zero-order valence-electron chi connectivity index (χ0n) is 8.88. The molecule has 2 N–H and O–H groups in total. The van der Waals surface area contributed by atoms with E-state index in [1.807, 2.05) is 0 Å². The molecule has 0 atom stereocenters. The van der Waals surface area contributed by atoms with Crippen LogP contribution in [0.5, 0.6) is 11.5 Å². The highest BCUT2D eigenvalue weighted by atomic mass is 19.4. The number of benzene rings is 1. The summed E-state index contributed by atoms with van der Waals surface area (Å²) in [6.07, 6.45) is -4.88. The van der Waals surface area contributed by atoms with Crippen molar-refractivity contribution in [3.8, 4) is 11.5 Å². The molecule has 0 saturated heterocycles. The van der Waals surface area contributed by atoms with Crippen molar-refractivity contribution in [2.24, 2.45) is 5.73 Å². The molecule has 7 heteroatoms. The Bertz CT molecular complexity index is 418. The number of halogens is 3. The van der Waals surface area contributed by atoms with Crippen LogP contribution < -0.4 is 15.2 Å². The predicted octanol–water partition coefficient (Wildman–Crippen LogP) is 2.08. The Labute approximate surface area is 95.1 Å². The van der Waals surface area contributed by atoms with Crippen LogP contribution in [0.1, 0.15) is 17.3 Å². The third kappa shape index (κ3) is 3.86. The van der Waals surface area contributed by atoms with Crippen LogP contribution in [-0.4, -0.2) is 18.9 Å². The Kier molecular flexibility index (Phi) is 3.82. The summed E-state index contributed by atoms with van der Waals surface area (Å²) >= 11 is 0. The number of rotatable bonds is 4. The Morgan fingerprint density at radius 2 is 2.06 bits per heavy atom. The van der Waals surface area contributed by atoms with E-state index in [-0.39, 0.29) is 11.3 Å². The van der Waals surface area contributed by atoms with E-state index in [1.54, 1.807) is 6.92 Å². The minimum atomic E-state index is -4.88. The molecule has 0 heterocycles. The van der Waals surface area contributed by atoms with E-state index in [9.17, 15) is 18.0 Å². The monoisotopic (exact) mass is 249 g/mol. The van der Waals surface area contributed by atoms with Gasteiger partial charge >= 0.3 is 6.36 Å². The average molecular weight is 249 g/mol.